The van der Waals surface area contributed by atoms with Crippen molar-refractivity contribution in [1.29, 1.82) is 0 Å². The van der Waals surface area contributed by atoms with Crippen LogP contribution in [0.25, 0.3) is 0 Å². The van der Waals surface area contributed by atoms with E-state index >= 15 is 0 Å². The summed E-state index contributed by atoms with van der Waals surface area (Å²) in [7, 11) is 2.05. The Kier molecular flexibility index (Phi) is 3.82. The molecule has 4 saturated carbocycles. The van der Waals surface area contributed by atoms with E-state index in [1.807, 2.05) is 25.2 Å². The molecular weight excluding hydrogens is 286 g/mol. The summed E-state index contributed by atoms with van der Waals surface area (Å²) in [5.74, 6) is 2.47. The molecule has 0 heterocycles. The molecular formula is C20H27NO2. The van der Waals surface area contributed by atoms with Crippen LogP contribution in [0.3, 0.4) is 0 Å². The SMILES string of the molecule is CN(CCOC(=O)C12CC3CC(CC(C3)C1)C2)c1ccccc1. The number of likely N-dealkylation sites (N-methyl/N-ethyl adjacent to an activating group) is 1. The summed E-state index contributed by atoms with van der Waals surface area (Å²) in [4.78, 5) is 14.9. The number of ether oxygens (including phenoxy) is 1. The average molecular weight is 313 g/mol. The Bertz CT molecular complexity index is 533. The molecule has 3 heteroatoms. The number of para-hydroxylation sites is 1. The molecule has 0 aliphatic heterocycles. The van der Waals surface area contributed by atoms with Gasteiger partial charge in [0.2, 0.25) is 0 Å². The van der Waals surface area contributed by atoms with Gasteiger partial charge in [0.05, 0.1) is 12.0 Å². The van der Waals surface area contributed by atoms with Gasteiger partial charge < -0.3 is 9.64 Å². The minimum atomic E-state index is -0.125. The van der Waals surface area contributed by atoms with Gasteiger partial charge in [0.1, 0.15) is 6.61 Å². The third-order valence-corrected chi connectivity index (χ3v) is 6.33. The highest BCUT2D eigenvalue weighted by molar-refractivity contribution is 5.77. The molecule has 0 N–H and O–H groups in total. The van der Waals surface area contributed by atoms with E-state index in [-0.39, 0.29) is 11.4 Å². The molecule has 0 unspecified atom stereocenters. The second-order valence-corrected chi connectivity index (χ2v) is 8.09. The summed E-state index contributed by atoms with van der Waals surface area (Å²) in [5.41, 5.74) is 1.04. The average Bonchev–Trinajstić information content (AvgIpc) is 2.54. The third kappa shape index (κ3) is 2.86. The van der Waals surface area contributed by atoms with Crippen LogP contribution >= 0.6 is 0 Å². The van der Waals surface area contributed by atoms with Crippen LogP contribution < -0.4 is 4.90 Å². The highest BCUT2D eigenvalue weighted by Gasteiger charge is 2.55. The van der Waals surface area contributed by atoms with Crippen molar-refractivity contribution >= 4 is 11.7 Å². The van der Waals surface area contributed by atoms with Crippen LogP contribution in [-0.4, -0.2) is 26.2 Å². The molecule has 1 aromatic rings. The molecule has 4 fully saturated rings. The lowest BCUT2D eigenvalue weighted by Crippen LogP contribution is -2.50. The summed E-state index contributed by atoms with van der Waals surface area (Å²) in [6.45, 7) is 1.24. The zero-order chi connectivity index (χ0) is 15.9. The summed E-state index contributed by atoms with van der Waals surface area (Å²) in [5, 5.41) is 0. The topological polar surface area (TPSA) is 29.5 Å². The van der Waals surface area contributed by atoms with Gasteiger partial charge >= 0.3 is 5.97 Å². The maximum absolute atomic E-state index is 12.8. The van der Waals surface area contributed by atoms with E-state index in [0.717, 1.165) is 43.6 Å². The van der Waals surface area contributed by atoms with Crippen LogP contribution in [0.5, 0.6) is 0 Å². The first-order chi connectivity index (χ1) is 11.1. The Morgan fingerprint density at radius 1 is 1.09 bits per heavy atom. The van der Waals surface area contributed by atoms with Gasteiger partial charge in [-0.3, -0.25) is 4.79 Å². The monoisotopic (exact) mass is 313 g/mol. The van der Waals surface area contributed by atoms with E-state index in [1.54, 1.807) is 0 Å². The summed E-state index contributed by atoms with van der Waals surface area (Å²) in [6.07, 6.45) is 7.36. The van der Waals surface area contributed by atoms with E-state index in [1.165, 1.54) is 24.9 Å². The van der Waals surface area contributed by atoms with Gasteiger partial charge in [0.25, 0.3) is 0 Å². The van der Waals surface area contributed by atoms with Crippen molar-refractivity contribution in [3.8, 4) is 0 Å². The first-order valence-electron chi connectivity index (χ1n) is 9.08. The zero-order valence-electron chi connectivity index (χ0n) is 14.0. The Balaban J connectivity index is 1.32. The molecule has 1 aromatic carbocycles. The molecule has 5 rings (SSSR count). The predicted molar refractivity (Wildman–Crippen MR) is 91.3 cm³/mol. The smallest absolute Gasteiger partial charge is 0.312 e. The van der Waals surface area contributed by atoms with Crippen molar-refractivity contribution in [1.82, 2.24) is 0 Å². The molecule has 0 saturated heterocycles. The van der Waals surface area contributed by atoms with Crippen LogP contribution in [0.2, 0.25) is 0 Å². The Labute approximate surface area is 139 Å². The predicted octanol–water partition coefficient (Wildman–Crippen LogP) is 3.88. The van der Waals surface area contributed by atoms with Gasteiger partial charge in [-0.25, -0.2) is 0 Å². The maximum atomic E-state index is 12.8. The fraction of sp³-hybridized carbons (Fsp3) is 0.650. The van der Waals surface area contributed by atoms with Crippen molar-refractivity contribution in [2.45, 2.75) is 38.5 Å². The number of hydrogen-bond donors (Lipinski definition) is 0. The van der Waals surface area contributed by atoms with Gasteiger partial charge in [-0.2, -0.15) is 0 Å². The number of benzene rings is 1. The van der Waals surface area contributed by atoms with Crippen molar-refractivity contribution < 1.29 is 9.53 Å². The molecule has 4 aliphatic rings. The summed E-state index contributed by atoms with van der Waals surface area (Å²) >= 11 is 0. The van der Waals surface area contributed by atoms with Crippen LogP contribution in [0, 0.1) is 23.2 Å². The maximum Gasteiger partial charge on any atom is 0.312 e. The number of hydrogen-bond acceptors (Lipinski definition) is 3. The lowest BCUT2D eigenvalue weighted by Gasteiger charge is -2.55. The number of carbonyl (C=O) groups is 1. The number of nitrogens with zero attached hydrogens (tertiary/aromatic N) is 1. The second-order valence-electron chi connectivity index (χ2n) is 8.09. The van der Waals surface area contributed by atoms with Crippen molar-refractivity contribution in [2.24, 2.45) is 23.2 Å². The Hall–Kier alpha value is -1.51. The van der Waals surface area contributed by atoms with Gasteiger partial charge in [-0.15, -0.1) is 0 Å². The number of esters is 1. The van der Waals surface area contributed by atoms with Crippen molar-refractivity contribution in [2.75, 3.05) is 25.1 Å². The first-order valence-corrected chi connectivity index (χ1v) is 9.08. The highest BCUT2D eigenvalue weighted by Crippen LogP contribution is 2.60. The Morgan fingerprint density at radius 3 is 2.22 bits per heavy atom. The molecule has 4 bridgehead atoms. The minimum Gasteiger partial charge on any atom is -0.463 e. The summed E-state index contributed by atoms with van der Waals surface area (Å²) < 4.78 is 5.74. The molecule has 0 radical (unpaired) electrons. The van der Waals surface area contributed by atoms with Crippen LogP contribution in [0.15, 0.2) is 30.3 Å². The van der Waals surface area contributed by atoms with E-state index in [4.69, 9.17) is 4.74 Å². The molecule has 4 aliphatic carbocycles. The van der Waals surface area contributed by atoms with Crippen molar-refractivity contribution in [3.63, 3.8) is 0 Å². The molecule has 0 atom stereocenters. The fourth-order valence-electron chi connectivity index (χ4n) is 5.60. The number of anilines is 1. The van der Waals surface area contributed by atoms with Crippen LogP contribution in [-0.2, 0) is 9.53 Å². The number of carbonyl (C=O) groups excluding carboxylic acids is 1. The third-order valence-electron chi connectivity index (χ3n) is 6.33. The molecule has 0 aromatic heterocycles. The summed E-state index contributed by atoms with van der Waals surface area (Å²) in [6, 6.07) is 10.3. The van der Waals surface area contributed by atoms with Crippen molar-refractivity contribution in [3.05, 3.63) is 30.3 Å². The fourth-order valence-corrected chi connectivity index (χ4v) is 5.60. The molecule has 124 valence electrons. The van der Waals surface area contributed by atoms with E-state index in [0.29, 0.717) is 6.61 Å². The lowest BCUT2D eigenvalue weighted by atomic mass is 9.49. The van der Waals surface area contributed by atoms with Gasteiger partial charge in [-0.05, 0) is 68.4 Å². The first kappa shape index (κ1) is 15.0. The van der Waals surface area contributed by atoms with E-state index in [2.05, 4.69) is 17.0 Å². The molecule has 0 spiro atoms. The quantitative estimate of drug-likeness (QED) is 0.773. The standard InChI is InChI=1S/C20H27NO2/c1-21(18-5-3-2-4-6-18)7-8-23-19(22)20-12-15-9-16(13-20)11-17(10-15)14-20/h2-6,15-17H,7-14H2,1H3. The lowest BCUT2D eigenvalue weighted by molar-refractivity contribution is -0.171. The Morgan fingerprint density at radius 2 is 1.65 bits per heavy atom. The largest absolute Gasteiger partial charge is 0.463 e. The second kappa shape index (κ2) is 5.85. The van der Waals surface area contributed by atoms with Crippen LogP contribution in [0.4, 0.5) is 5.69 Å². The minimum absolute atomic E-state index is 0.0954. The normalized spacial score (nSPS) is 34.4. The van der Waals surface area contributed by atoms with E-state index in [9.17, 15) is 4.79 Å². The molecule has 3 nitrogen and oxygen atoms in total. The number of rotatable bonds is 5. The zero-order valence-corrected chi connectivity index (χ0v) is 14.0. The molecule has 23 heavy (non-hydrogen) atoms. The van der Waals surface area contributed by atoms with Gasteiger partial charge in [0.15, 0.2) is 0 Å². The van der Waals surface area contributed by atoms with Gasteiger partial charge in [0, 0.05) is 12.7 Å². The molecule has 0 amide bonds. The van der Waals surface area contributed by atoms with E-state index < -0.39 is 0 Å². The van der Waals surface area contributed by atoms with Crippen LogP contribution in [0.1, 0.15) is 38.5 Å². The van der Waals surface area contributed by atoms with Gasteiger partial charge in [-0.1, -0.05) is 18.2 Å². The highest BCUT2D eigenvalue weighted by atomic mass is 16.5.